The summed E-state index contributed by atoms with van der Waals surface area (Å²) in [4.78, 5) is 13.0. The Labute approximate surface area is 349 Å². The second-order valence-corrected chi connectivity index (χ2v) is 16.5. The Morgan fingerprint density at radius 3 is 1.61 bits per heavy atom. The summed E-state index contributed by atoms with van der Waals surface area (Å²) in [5.74, 6) is -0.161. The third kappa shape index (κ3) is 29.3. The minimum Gasteiger partial charge on any atom is -0.394 e. The average Bonchev–Trinajstić information content (AvgIpc) is 3.21. The lowest BCUT2D eigenvalue weighted by Gasteiger charge is -2.40. The quantitative estimate of drug-likeness (QED) is 0.0266. The molecule has 0 aliphatic carbocycles. The average molecular weight is 808 g/mol. The molecule has 7 atom stereocenters. The first-order valence-electron chi connectivity index (χ1n) is 23.7. The van der Waals surface area contributed by atoms with Gasteiger partial charge in [0.2, 0.25) is 5.91 Å². The van der Waals surface area contributed by atoms with Crippen LogP contribution < -0.4 is 5.32 Å². The summed E-state index contributed by atoms with van der Waals surface area (Å²) in [7, 11) is 0. The van der Waals surface area contributed by atoms with Crippen molar-refractivity contribution >= 4 is 5.91 Å². The lowest BCUT2D eigenvalue weighted by Crippen LogP contribution is -2.60. The summed E-state index contributed by atoms with van der Waals surface area (Å²) in [6.07, 6.45) is 40.1. The minimum absolute atomic E-state index is 0.145. The maximum absolute atomic E-state index is 13.0. The topological polar surface area (TPSA) is 149 Å². The van der Waals surface area contributed by atoms with Gasteiger partial charge in [0.05, 0.1) is 25.4 Å². The van der Waals surface area contributed by atoms with Gasteiger partial charge in [-0.1, -0.05) is 192 Å². The number of nitrogens with one attached hydrogen (secondary N) is 1. The van der Waals surface area contributed by atoms with Crippen LogP contribution in [0.5, 0.6) is 0 Å². The number of rotatable bonds is 39. The van der Waals surface area contributed by atoms with E-state index in [0.29, 0.717) is 12.8 Å². The van der Waals surface area contributed by atoms with Crippen molar-refractivity contribution in [2.24, 2.45) is 0 Å². The first-order chi connectivity index (χ1) is 27.8. The summed E-state index contributed by atoms with van der Waals surface area (Å²) in [5, 5.41) is 54.4. The molecule has 57 heavy (non-hydrogen) atoms. The van der Waals surface area contributed by atoms with Gasteiger partial charge in [-0.05, 0) is 44.9 Å². The normalized spacial score (nSPS) is 21.3. The van der Waals surface area contributed by atoms with Gasteiger partial charge in [-0.2, -0.15) is 0 Å². The van der Waals surface area contributed by atoms with Crippen molar-refractivity contribution in [2.75, 3.05) is 13.2 Å². The number of carbonyl (C=O) groups excluding carboxylic acids is 1. The summed E-state index contributed by atoms with van der Waals surface area (Å²) >= 11 is 0. The first-order valence-corrected chi connectivity index (χ1v) is 23.7. The highest BCUT2D eigenvalue weighted by Gasteiger charge is 2.44. The number of ether oxygens (including phenoxy) is 2. The maximum atomic E-state index is 13.0. The van der Waals surface area contributed by atoms with Crippen molar-refractivity contribution in [3.8, 4) is 0 Å². The van der Waals surface area contributed by atoms with Crippen molar-refractivity contribution in [3.63, 3.8) is 0 Å². The van der Waals surface area contributed by atoms with E-state index in [1.165, 1.54) is 103 Å². The SMILES string of the molecule is CC/C=C\C/C=C\C/C=C\CCCCCCCC(=O)NC(COC1OC(CO)C(O)C(O)C1O)C(O)CCCCCCCCCCCCCCCCCCCCC. The molecule has 9 heteroatoms. The lowest BCUT2D eigenvalue weighted by atomic mass is 9.99. The van der Waals surface area contributed by atoms with E-state index in [2.05, 4.69) is 55.6 Å². The van der Waals surface area contributed by atoms with Crippen LogP contribution in [-0.4, -0.2) is 87.5 Å². The van der Waals surface area contributed by atoms with Crippen molar-refractivity contribution < 1.29 is 39.8 Å². The van der Waals surface area contributed by atoms with Gasteiger partial charge in [0.1, 0.15) is 24.4 Å². The molecule has 0 bridgehead atoms. The van der Waals surface area contributed by atoms with Crippen molar-refractivity contribution in [1.82, 2.24) is 5.32 Å². The molecule has 0 aromatic rings. The molecule has 1 rings (SSSR count). The lowest BCUT2D eigenvalue weighted by molar-refractivity contribution is -0.302. The van der Waals surface area contributed by atoms with E-state index >= 15 is 0 Å². The summed E-state index contributed by atoms with van der Waals surface area (Å²) < 4.78 is 11.3. The molecular weight excluding hydrogens is 719 g/mol. The Morgan fingerprint density at radius 1 is 0.614 bits per heavy atom. The number of amides is 1. The van der Waals surface area contributed by atoms with Crippen LogP contribution in [0.3, 0.4) is 0 Å². The fourth-order valence-corrected chi connectivity index (χ4v) is 7.47. The molecule has 334 valence electrons. The van der Waals surface area contributed by atoms with Gasteiger partial charge in [-0.25, -0.2) is 0 Å². The molecule has 1 saturated heterocycles. The Balaban J connectivity index is 2.32. The summed E-state index contributed by atoms with van der Waals surface area (Å²) in [5.41, 5.74) is 0. The number of unbranched alkanes of at least 4 members (excludes halogenated alkanes) is 23. The highest BCUT2D eigenvalue weighted by atomic mass is 16.7. The largest absolute Gasteiger partial charge is 0.394 e. The second-order valence-electron chi connectivity index (χ2n) is 16.5. The highest BCUT2D eigenvalue weighted by molar-refractivity contribution is 5.76. The predicted molar refractivity (Wildman–Crippen MR) is 235 cm³/mol. The van der Waals surface area contributed by atoms with Crippen LogP contribution in [-0.2, 0) is 14.3 Å². The zero-order valence-electron chi connectivity index (χ0n) is 36.6. The van der Waals surface area contributed by atoms with E-state index in [1.807, 2.05) is 0 Å². The summed E-state index contributed by atoms with van der Waals surface area (Å²) in [6.45, 7) is 3.71. The zero-order chi connectivity index (χ0) is 41.6. The third-order valence-corrected chi connectivity index (χ3v) is 11.3. The molecule has 0 aromatic heterocycles. The van der Waals surface area contributed by atoms with Gasteiger partial charge in [-0.15, -0.1) is 0 Å². The number of hydrogen-bond donors (Lipinski definition) is 6. The van der Waals surface area contributed by atoms with Gasteiger partial charge < -0.3 is 40.3 Å². The highest BCUT2D eigenvalue weighted by Crippen LogP contribution is 2.23. The number of allylic oxidation sites excluding steroid dienone is 6. The third-order valence-electron chi connectivity index (χ3n) is 11.3. The van der Waals surface area contributed by atoms with Gasteiger partial charge in [0.15, 0.2) is 6.29 Å². The number of aliphatic hydroxyl groups is 5. The van der Waals surface area contributed by atoms with Crippen molar-refractivity contribution in [3.05, 3.63) is 36.5 Å². The van der Waals surface area contributed by atoms with Gasteiger partial charge in [0.25, 0.3) is 0 Å². The second kappa shape index (κ2) is 38.6. The Hall–Kier alpha value is -1.59. The smallest absolute Gasteiger partial charge is 0.220 e. The molecule has 0 aromatic carbocycles. The Bertz CT molecular complexity index is 987. The fourth-order valence-electron chi connectivity index (χ4n) is 7.47. The number of hydrogen-bond acceptors (Lipinski definition) is 8. The maximum Gasteiger partial charge on any atom is 0.220 e. The number of aliphatic hydroxyl groups excluding tert-OH is 5. The molecule has 7 unspecified atom stereocenters. The molecule has 0 saturated carbocycles. The van der Waals surface area contributed by atoms with Gasteiger partial charge in [0, 0.05) is 6.42 Å². The van der Waals surface area contributed by atoms with Crippen LogP contribution in [0.25, 0.3) is 0 Å². The monoisotopic (exact) mass is 808 g/mol. The molecule has 9 nitrogen and oxygen atoms in total. The van der Waals surface area contributed by atoms with Crippen molar-refractivity contribution in [1.29, 1.82) is 0 Å². The number of carbonyl (C=O) groups is 1. The standard InChI is InChI=1S/C48H89NO8/c1-3-5-7-9-11-13-15-17-19-20-21-22-24-25-27-29-31-33-35-37-42(51)41(40-56-48-47(55)46(54)45(53)43(39-50)57-48)49-44(52)38-36-34-32-30-28-26-23-18-16-14-12-10-8-6-4-2/h6,8,12,14,18,23,41-43,45-48,50-51,53-55H,3-5,7,9-11,13,15-17,19-22,24-40H2,1-2H3,(H,49,52)/b8-6-,14-12-,23-18-. The van der Waals surface area contributed by atoms with Crippen LogP contribution in [0.2, 0.25) is 0 Å². The van der Waals surface area contributed by atoms with E-state index in [1.54, 1.807) is 0 Å². The van der Waals surface area contributed by atoms with Crippen LogP contribution >= 0.6 is 0 Å². The van der Waals surface area contributed by atoms with Gasteiger partial charge in [-0.3, -0.25) is 4.79 Å². The van der Waals surface area contributed by atoms with Crippen LogP contribution in [0.1, 0.15) is 206 Å². The molecule has 1 heterocycles. The zero-order valence-corrected chi connectivity index (χ0v) is 36.6. The molecule has 0 spiro atoms. The molecule has 1 aliphatic heterocycles. The molecule has 1 fully saturated rings. The predicted octanol–water partition coefficient (Wildman–Crippen LogP) is 10.1. The first kappa shape index (κ1) is 53.4. The Kier molecular flexibility index (Phi) is 36.2. The summed E-state index contributed by atoms with van der Waals surface area (Å²) in [6, 6.07) is -0.727. The van der Waals surface area contributed by atoms with E-state index < -0.39 is 49.5 Å². The van der Waals surface area contributed by atoms with Gasteiger partial charge >= 0.3 is 0 Å². The molecule has 6 N–H and O–H groups in total. The molecule has 1 amide bonds. The van der Waals surface area contributed by atoms with Crippen LogP contribution in [0, 0.1) is 0 Å². The van der Waals surface area contributed by atoms with Crippen LogP contribution in [0.4, 0.5) is 0 Å². The fraction of sp³-hybridized carbons (Fsp3) is 0.854. The molecular formula is C48H89NO8. The molecule has 1 aliphatic rings. The van der Waals surface area contributed by atoms with E-state index in [9.17, 15) is 30.3 Å². The van der Waals surface area contributed by atoms with E-state index in [-0.39, 0.29) is 12.5 Å². The van der Waals surface area contributed by atoms with E-state index in [0.717, 1.165) is 77.0 Å². The van der Waals surface area contributed by atoms with Crippen molar-refractivity contribution in [2.45, 2.75) is 249 Å². The minimum atomic E-state index is -1.56. The molecule has 0 radical (unpaired) electrons. The van der Waals surface area contributed by atoms with Crippen LogP contribution in [0.15, 0.2) is 36.5 Å². The Morgan fingerprint density at radius 2 is 1.09 bits per heavy atom. The van der Waals surface area contributed by atoms with E-state index in [4.69, 9.17) is 9.47 Å².